The molecule has 0 aliphatic carbocycles. The molecule has 18 heavy (non-hydrogen) atoms. The van der Waals surface area contributed by atoms with Crippen LogP contribution in [-0.2, 0) is 0 Å². The highest BCUT2D eigenvalue weighted by Gasteiger charge is 2.18. The first-order valence-electron chi connectivity index (χ1n) is 6.14. The lowest BCUT2D eigenvalue weighted by atomic mass is 10.1. The van der Waals surface area contributed by atoms with E-state index < -0.39 is 0 Å². The van der Waals surface area contributed by atoms with Crippen molar-refractivity contribution in [2.45, 2.75) is 18.9 Å². The molecule has 1 fully saturated rings. The average molecular weight is 243 g/mol. The van der Waals surface area contributed by atoms with E-state index in [4.69, 9.17) is 0 Å². The molecule has 1 atom stereocenters. The van der Waals surface area contributed by atoms with Crippen LogP contribution >= 0.6 is 0 Å². The van der Waals surface area contributed by atoms with Gasteiger partial charge >= 0.3 is 0 Å². The molecule has 0 radical (unpaired) electrons. The molecule has 1 aliphatic heterocycles. The van der Waals surface area contributed by atoms with Crippen molar-refractivity contribution in [3.05, 3.63) is 48.3 Å². The van der Waals surface area contributed by atoms with E-state index in [0.29, 0.717) is 0 Å². The predicted octanol–water partition coefficient (Wildman–Crippen LogP) is 2.71. The summed E-state index contributed by atoms with van der Waals surface area (Å²) in [6, 6.07) is 6.65. The van der Waals surface area contributed by atoms with E-state index in [-0.39, 0.29) is 11.9 Å². The van der Waals surface area contributed by atoms with Crippen molar-refractivity contribution in [3.8, 4) is 11.1 Å². The van der Waals surface area contributed by atoms with Crippen molar-refractivity contribution in [1.82, 2.24) is 15.3 Å². The lowest BCUT2D eigenvalue weighted by Gasteiger charge is -2.08. The highest BCUT2D eigenvalue weighted by Crippen LogP contribution is 2.22. The maximum absolute atomic E-state index is 12.8. The van der Waals surface area contributed by atoms with E-state index in [1.165, 1.54) is 18.6 Å². The highest BCUT2D eigenvalue weighted by molar-refractivity contribution is 5.61. The summed E-state index contributed by atoms with van der Waals surface area (Å²) in [5.41, 5.74) is 1.85. The number of hydrogen-bond donors (Lipinski definition) is 1. The van der Waals surface area contributed by atoms with Crippen LogP contribution in [0.5, 0.6) is 0 Å². The summed E-state index contributed by atoms with van der Waals surface area (Å²) in [5.74, 6) is 0.616. The molecule has 0 spiro atoms. The number of halogens is 1. The van der Waals surface area contributed by atoms with Gasteiger partial charge in [0, 0.05) is 18.0 Å². The smallest absolute Gasteiger partial charge is 0.145 e. The van der Waals surface area contributed by atoms with Crippen molar-refractivity contribution in [1.29, 1.82) is 0 Å². The highest BCUT2D eigenvalue weighted by atomic mass is 19.1. The van der Waals surface area contributed by atoms with E-state index in [1.807, 2.05) is 0 Å². The first-order chi connectivity index (χ1) is 8.83. The van der Waals surface area contributed by atoms with Gasteiger partial charge in [0.2, 0.25) is 0 Å². The van der Waals surface area contributed by atoms with Gasteiger partial charge in [-0.25, -0.2) is 14.4 Å². The van der Waals surface area contributed by atoms with Gasteiger partial charge in [0.05, 0.1) is 6.04 Å². The number of rotatable bonds is 2. The van der Waals surface area contributed by atoms with E-state index >= 15 is 0 Å². The molecule has 4 heteroatoms. The van der Waals surface area contributed by atoms with Crippen LogP contribution in [0.25, 0.3) is 11.1 Å². The largest absolute Gasteiger partial charge is 0.307 e. The number of nitrogens with zero attached hydrogens (tertiary/aromatic N) is 2. The number of benzene rings is 1. The van der Waals surface area contributed by atoms with Crippen LogP contribution in [0, 0.1) is 5.82 Å². The third-order valence-electron chi connectivity index (χ3n) is 3.22. The van der Waals surface area contributed by atoms with Crippen molar-refractivity contribution in [2.75, 3.05) is 6.54 Å². The molecule has 0 amide bonds. The van der Waals surface area contributed by atoms with Crippen LogP contribution in [0.2, 0.25) is 0 Å². The molecule has 3 nitrogen and oxygen atoms in total. The third-order valence-corrected chi connectivity index (χ3v) is 3.22. The van der Waals surface area contributed by atoms with Crippen molar-refractivity contribution in [3.63, 3.8) is 0 Å². The Labute approximate surface area is 105 Å². The molecular formula is C14H14FN3. The Morgan fingerprint density at radius 1 is 1.06 bits per heavy atom. The van der Waals surface area contributed by atoms with Gasteiger partial charge in [0.25, 0.3) is 0 Å². The second-order valence-electron chi connectivity index (χ2n) is 4.49. The fraction of sp³-hybridized carbons (Fsp3) is 0.286. The monoisotopic (exact) mass is 243 g/mol. The molecule has 3 rings (SSSR count). The summed E-state index contributed by atoms with van der Waals surface area (Å²) >= 11 is 0. The van der Waals surface area contributed by atoms with E-state index in [1.54, 1.807) is 24.5 Å². The quantitative estimate of drug-likeness (QED) is 0.881. The van der Waals surface area contributed by atoms with Crippen molar-refractivity contribution < 1.29 is 4.39 Å². The normalized spacial score (nSPS) is 19.1. The second-order valence-corrected chi connectivity index (χ2v) is 4.49. The summed E-state index contributed by atoms with van der Waals surface area (Å²) in [7, 11) is 0. The number of aromatic nitrogens is 2. The first-order valence-corrected chi connectivity index (χ1v) is 6.14. The lowest BCUT2D eigenvalue weighted by molar-refractivity contribution is 0.605. The Morgan fingerprint density at radius 2 is 1.78 bits per heavy atom. The minimum absolute atomic E-state index is 0.230. The molecular weight excluding hydrogens is 229 g/mol. The van der Waals surface area contributed by atoms with E-state index in [9.17, 15) is 4.39 Å². The fourth-order valence-corrected chi connectivity index (χ4v) is 2.21. The summed E-state index contributed by atoms with van der Waals surface area (Å²) in [5, 5.41) is 3.36. The minimum atomic E-state index is -0.230. The summed E-state index contributed by atoms with van der Waals surface area (Å²) in [4.78, 5) is 8.78. The Bertz CT molecular complexity index is 516. The van der Waals surface area contributed by atoms with Crippen LogP contribution in [0.15, 0.2) is 36.7 Å². The molecule has 1 aromatic heterocycles. The SMILES string of the molecule is Fc1ccc(-c2cnc(C3CCCN3)nc2)cc1. The number of nitrogens with one attached hydrogen (secondary N) is 1. The van der Waals surface area contributed by atoms with Gasteiger partial charge < -0.3 is 5.32 Å². The Morgan fingerprint density at radius 3 is 2.39 bits per heavy atom. The zero-order valence-electron chi connectivity index (χ0n) is 9.94. The van der Waals surface area contributed by atoms with Crippen LogP contribution in [0.4, 0.5) is 4.39 Å². The van der Waals surface area contributed by atoms with E-state index in [2.05, 4.69) is 15.3 Å². The Kier molecular flexibility index (Phi) is 3.02. The standard InChI is InChI=1S/C14H14FN3/c15-12-5-3-10(4-6-12)11-8-17-14(18-9-11)13-2-1-7-16-13/h3-6,8-9,13,16H,1-2,7H2. The van der Waals surface area contributed by atoms with Gasteiger partial charge in [0.15, 0.2) is 0 Å². The predicted molar refractivity (Wildman–Crippen MR) is 67.4 cm³/mol. The fourth-order valence-electron chi connectivity index (χ4n) is 2.21. The molecule has 1 aliphatic rings. The molecule has 1 N–H and O–H groups in total. The summed E-state index contributed by atoms with van der Waals surface area (Å²) < 4.78 is 12.8. The maximum atomic E-state index is 12.8. The number of hydrogen-bond acceptors (Lipinski definition) is 3. The summed E-state index contributed by atoms with van der Waals surface area (Å²) in [6.45, 7) is 1.04. The third kappa shape index (κ3) is 2.24. The molecule has 1 unspecified atom stereocenters. The average Bonchev–Trinajstić information content (AvgIpc) is 2.94. The second kappa shape index (κ2) is 4.82. The zero-order chi connectivity index (χ0) is 12.4. The van der Waals surface area contributed by atoms with Gasteiger partial charge in [-0.3, -0.25) is 0 Å². The molecule has 92 valence electrons. The van der Waals surface area contributed by atoms with Crippen LogP contribution < -0.4 is 5.32 Å². The first kappa shape index (κ1) is 11.3. The maximum Gasteiger partial charge on any atom is 0.145 e. The Balaban J connectivity index is 1.84. The van der Waals surface area contributed by atoms with Crippen LogP contribution in [0.1, 0.15) is 24.7 Å². The molecule has 0 saturated carbocycles. The summed E-state index contributed by atoms with van der Waals surface area (Å²) in [6.07, 6.45) is 5.87. The van der Waals surface area contributed by atoms with E-state index in [0.717, 1.165) is 29.9 Å². The molecule has 1 saturated heterocycles. The minimum Gasteiger partial charge on any atom is -0.307 e. The molecule has 2 aromatic rings. The van der Waals surface area contributed by atoms with Gasteiger partial charge in [-0.2, -0.15) is 0 Å². The Hall–Kier alpha value is -1.81. The lowest BCUT2D eigenvalue weighted by Crippen LogP contribution is -2.15. The zero-order valence-corrected chi connectivity index (χ0v) is 9.94. The molecule has 0 bridgehead atoms. The van der Waals surface area contributed by atoms with Crippen LogP contribution in [-0.4, -0.2) is 16.5 Å². The van der Waals surface area contributed by atoms with Crippen LogP contribution in [0.3, 0.4) is 0 Å². The van der Waals surface area contributed by atoms with Gasteiger partial charge in [0.1, 0.15) is 11.6 Å². The van der Waals surface area contributed by atoms with Gasteiger partial charge in [-0.05, 0) is 37.1 Å². The molecule has 2 heterocycles. The van der Waals surface area contributed by atoms with Crippen molar-refractivity contribution in [2.24, 2.45) is 0 Å². The van der Waals surface area contributed by atoms with Gasteiger partial charge in [-0.15, -0.1) is 0 Å². The van der Waals surface area contributed by atoms with Gasteiger partial charge in [-0.1, -0.05) is 12.1 Å². The molecule has 1 aromatic carbocycles. The topological polar surface area (TPSA) is 37.8 Å². The van der Waals surface area contributed by atoms with Crippen molar-refractivity contribution >= 4 is 0 Å².